The molecule has 2 heteroatoms. The van der Waals surface area contributed by atoms with Gasteiger partial charge in [-0.3, -0.25) is 0 Å². The van der Waals surface area contributed by atoms with Gasteiger partial charge in [0.05, 0.1) is 0 Å². The van der Waals surface area contributed by atoms with E-state index in [0.29, 0.717) is 0 Å². The number of unbranched alkanes of at least 4 members (excludes halogenated alkanes) is 9. The highest BCUT2D eigenvalue weighted by atomic mass is 32.1. The summed E-state index contributed by atoms with van der Waals surface area (Å²) in [7, 11) is 0.198. The van der Waals surface area contributed by atoms with Crippen molar-refractivity contribution in [2.75, 3.05) is 0 Å². The highest BCUT2D eigenvalue weighted by Crippen LogP contribution is 2.11. The zero-order chi connectivity index (χ0) is 11.9. The van der Waals surface area contributed by atoms with Gasteiger partial charge in [0.15, 0.2) is 0 Å². The minimum Gasteiger partial charge on any atom is -0.0938 e. The second-order valence-corrected chi connectivity index (χ2v) is 7.17. The van der Waals surface area contributed by atoms with E-state index in [2.05, 4.69) is 6.92 Å². The van der Waals surface area contributed by atoms with Crippen molar-refractivity contribution < 1.29 is 0 Å². The van der Waals surface area contributed by atoms with Crippen LogP contribution in [0.5, 0.6) is 0 Å². The minimum absolute atomic E-state index is 0.198. The minimum atomic E-state index is 0.198. The Kier molecular flexibility index (Phi) is 15.6. The molecule has 0 bridgehead atoms. The van der Waals surface area contributed by atoms with Gasteiger partial charge in [0.25, 0.3) is 0 Å². The molecule has 0 saturated heterocycles. The summed E-state index contributed by atoms with van der Waals surface area (Å²) in [4.78, 5) is 0. The second kappa shape index (κ2) is 15.3. The van der Waals surface area contributed by atoms with Crippen LogP contribution in [0.25, 0.3) is 0 Å². The summed E-state index contributed by atoms with van der Waals surface area (Å²) < 4.78 is 0. The van der Waals surface area contributed by atoms with Gasteiger partial charge in [-0.25, -0.2) is 0 Å². The van der Waals surface area contributed by atoms with E-state index in [-0.39, 0.29) is 9.52 Å². The Morgan fingerprint density at radius 2 is 1.31 bits per heavy atom. The topological polar surface area (TPSA) is 0 Å². The van der Waals surface area contributed by atoms with Gasteiger partial charge in [0.1, 0.15) is 0 Å². The molecule has 0 fully saturated rings. The summed E-state index contributed by atoms with van der Waals surface area (Å²) in [5.41, 5.74) is 0. The van der Waals surface area contributed by atoms with E-state index >= 15 is 0 Å². The molecule has 0 aromatic heterocycles. The molecule has 0 aliphatic heterocycles. The fourth-order valence-corrected chi connectivity index (χ4v) is 3.73. The van der Waals surface area contributed by atoms with Crippen LogP contribution in [0.3, 0.4) is 0 Å². The predicted octanol–water partition coefficient (Wildman–Crippen LogP) is 4.91. The Bertz CT molecular complexity index is 137. The van der Waals surface area contributed by atoms with Crippen LogP contribution in [0.4, 0.5) is 0 Å². The average Bonchev–Trinajstić information content (AvgIpc) is 2.31. The molecule has 0 unspecified atom stereocenters. The van der Waals surface area contributed by atoms with Crippen molar-refractivity contribution >= 4 is 27.1 Å². The van der Waals surface area contributed by atoms with Crippen molar-refractivity contribution in [3.8, 4) is 0 Å². The molecule has 0 spiro atoms. The summed E-state index contributed by atoms with van der Waals surface area (Å²) in [5, 5.41) is 1.93. The summed E-state index contributed by atoms with van der Waals surface area (Å²) in [6.07, 6.45) is 14.6. The maximum atomic E-state index is 4.84. The lowest BCUT2D eigenvalue weighted by atomic mass is 10.1. The van der Waals surface area contributed by atoms with E-state index in [4.69, 9.17) is 12.2 Å². The third-order valence-electron chi connectivity index (χ3n) is 3.18. The van der Waals surface area contributed by atoms with Crippen LogP contribution < -0.4 is 0 Å². The Morgan fingerprint density at radius 3 is 1.81 bits per heavy atom. The fraction of sp³-hybridized carbons (Fsp3) is 0.929. The molecule has 0 radical (unpaired) electrons. The molecule has 0 rings (SSSR count). The number of thiocarbonyl (C=S) groups is 1. The first-order chi connectivity index (χ1) is 7.91. The fourth-order valence-electron chi connectivity index (χ4n) is 2.07. The largest absolute Gasteiger partial charge is 0.0938 e. The summed E-state index contributed by atoms with van der Waals surface area (Å²) in [6.45, 7) is 2.28. The Morgan fingerprint density at radius 1 is 0.812 bits per heavy atom. The first-order valence-corrected chi connectivity index (χ1v) is 9.82. The van der Waals surface area contributed by atoms with E-state index < -0.39 is 0 Å². The van der Waals surface area contributed by atoms with Gasteiger partial charge >= 0.3 is 0 Å². The highest BCUT2D eigenvalue weighted by molar-refractivity contribution is 7.79. The summed E-state index contributed by atoms with van der Waals surface area (Å²) >= 11 is 4.84. The molecule has 16 heavy (non-hydrogen) atoms. The van der Waals surface area contributed by atoms with Crippen molar-refractivity contribution in [2.24, 2.45) is 0 Å². The maximum Gasteiger partial charge on any atom is 0.0250 e. The molecule has 0 amide bonds. The van der Waals surface area contributed by atoms with Gasteiger partial charge in [-0.15, -0.1) is 0 Å². The van der Waals surface area contributed by atoms with Gasteiger partial charge in [0, 0.05) is 9.52 Å². The molecule has 0 aliphatic rings. The molecular formula is C14H30SSi. The van der Waals surface area contributed by atoms with E-state index in [1.54, 1.807) is 0 Å². The SMILES string of the molecule is CCCCCCCCCCCC[SiH2]CC=S. The van der Waals surface area contributed by atoms with Crippen molar-refractivity contribution in [1.82, 2.24) is 0 Å². The van der Waals surface area contributed by atoms with Crippen molar-refractivity contribution in [3.05, 3.63) is 0 Å². The Labute approximate surface area is 110 Å². The Balaban J connectivity index is 2.85. The van der Waals surface area contributed by atoms with E-state index in [0.717, 1.165) is 0 Å². The molecule has 0 N–H and O–H groups in total. The first-order valence-electron chi connectivity index (χ1n) is 7.35. The lowest BCUT2D eigenvalue weighted by Gasteiger charge is -2.01. The molecular weight excluding hydrogens is 228 g/mol. The van der Waals surface area contributed by atoms with Crippen LogP contribution in [-0.2, 0) is 0 Å². The standard InChI is InChI=1S/C14H30SSi/c1-2-3-4-5-6-7-8-9-10-11-13-16-14-12-15/h12H,2-11,13-14,16H2,1H3. The van der Waals surface area contributed by atoms with Crippen LogP contribution in [0.1, 0.15) is 71.1 Å². The zero-order valence-electron chi connectivity index (χ0n) is 11.2. The van der Waals surface area contributed by atoms with Crippen molar-refractivity contribution in [2.45, 2.75) is 83.2 Å². The maximum absolute atomic E-state index is 4.84. The van der Waals surface area contributed by atoms with E-state index in [1.165, 1.54) is 76.3 Å². The molecule has 0 atom stereocenters. The monoisotopic (exact) mass is 258 g/mol. The first kappa shape index (κ1) is 16.3. The zero-order valence-corrected chi connectivity index (χ0v) is 13.4. The molecule has 0 heterocycles. The van der Waals surface area contributed by atoms with Crippen LogP contribution in [0.15, 0.2) is 0 Å². The molecule has 0 aromatic rings. The number of hydrogen-bond donors (Lipinski definition) is 0. The summed E-state index contributed by atoms with van der Waals surface area (Å²) in [6, 6.07) is 2.79. The molecule has 0 saturated carbocycles. The molecule has 96 valence electrons. The Hall–Kier alpha value is 0.307. The lowest BCUT2D eigenvalue weighted by molar-refractivity contribution is 0.562. The third-order valence-corrected chi connectivity index (χ3v) is 5.53. The predicted molar refractivity (Wildman–Crippen MR) is 83.7 cm³/mol. The third kappa shape index (κ3) is 14.3. The van der Waals surface area contributed by atoms with Crippen LogP contribution in [0, 0.1) is 0 Å². The van der Waals surface area contributed by atoms with Crippen molar-refractivity contribution in [3.63, 3.8) is 0 Å². The number of hydrogen-bond acceptors (Lipinski definition) is 1. The highest BCUT2D eigenvalue weighted by Gasteiger charge is 1.92. The number of rotatable bonds is 13. The normalized spacial score (nSPS) is 11.3. The van der Waals surface area contributed by atoms with Gasteiger partial charge in [-0.2, -0.15) is 0 Å². The van der Waals surface area contributed by atoms with Crippen LogP contribution >= 0.6 is 12.2 Å². The van der Waals surface area contributed by atoms with Gasteiger partial charge < -0.3 is 0 Å². The van der Waals surface area contributed by atoms with Crippen molar-refractivity contribution in [1.29, 1.82) is 0 Å². The quantitative estimate of drug-likeness (QED) is 0.257. The van der Waals surface area contributed by atoms with Crippen LogP contribution in [0.2, 0.25) is 12.1 Å². The summed E-state index contributed by atoms with van der Waals surface area (Å²) in [5.74, 6) is 0. The van der Waals surface area contributed by atoms with Gasteiger partial charge in [-0.1, -0.05) is 89.4 Å². The van der Waals surface area contributed by atoms with E-state index in [1.807, 2.05) is 5.37 Å². The lowest BCUT2D eigenvalue weighted by Crippen LogP contribution is -1.89. The molecule has 0 aliphatic carbocycles. The molecule has 0 aromatic carbocycles. The van der Waals surface area contributed by atoms with E-state index in [9.17, 15) is 0 Å². The van der Waals surface area contributed by atoms with Crippen LogP contribution in [-0.4, -0.2) is 14.9 Å². The van der Waals surface area contributed by atoms with Gasteiger partial charge in [0.2, 0.25) is 0 Å². The smallest absolute Gasteiger partial charge is 0.0250 e. The average molecular weight is 259 g/mol. The molecule has 0 nitrogen and oxygen atoms in total. The second-order valence-electron chi connectivity index (χ2n) is 4.84. The van der Waals surface area contributed by atoms with Gasteiger partial charge in [-0.05, 0) is 11.4 Å².